The van der Waals surface area contributed by atoms with E-state index in [-0.39, 0.29) is 40.2 Å². The number of hydrogen-bond acceptors (Lipinski definition) is 8. The van der Waals surface area contributed by atoms with Crippen molar-refractivity contribution in [2.75, 3.05) is 23.9 Å². The molecule has 15 heteroatoms. The molecule has 2 atom stereocenters. The van der Waals surface area contributed by atoms with Crippen molar-refractivity contribution < 1.29 is 55.1 Å². The van der Waals surface area contributed by atoms with E-state index in [1.807, 2.05) is 0 Å². The zero-order chi connectivity index (χ0) is 16.4. The van der Waals surface area contributed by atoms with Crippen LogP contribution in [0.15, 0.2) is 0 Å². The Kier molecular flexibility index (Phi) is 20.3. The minimum Gasteiger partial charge on any atom is -0.790 e. The Morgan fingerprint density at radius 3 is 1.19 bits per heavy atom. The molecule has 0 spiro atoms. The second-order valence-electron chi connectivity index (χ2n) is 2.99. The Balaban J connectivity index is -0.000000295. The molecule has 0 saturated heterocycles. The van der Waals surface area contributed by atoms with Gasteiger partial charge in [-0.2, -0.15) is 0 Å². The zero-order valence-electron chi connectivity index (χ0n) is 10.1. The van der Waals surface area contributed by atoms with Crippen LogP contribution in [0.1, 0.15) is 0 Å². The molecule has 0 aliphatic rings. The molecule has 0 saturated carbocycles. The molecule has 0 aromatic rings. The first-order chi connectivity index (χ1) is 8.91. The maximum Gasteiger partial charge on any atom is 4.00 e. The van der Waals surface area contributed by atoms with Gasteiger partial charge < -0.3 is 37.8 Å². The van der Waals surface area contributed by atoms with Gasteiger partial charge in [-0.25, -0.2) is 0 Å². The van der Waals surface area contributed by atoms with Crippen LogP contribution < -0.4 is 19.6 Å². The summed E-state index contributed by atoms with van der Waals surface area (Å²) in [7, 11) is -9.57. The van der Waals surface area contributed by atoms with Gasteiger partial charge in [-0.1, -0.05) is 63.7 Å². The Morgan fingerprint density at radius 1 is 0.810 bits per heavy atom. The number of alkyl halides is 4. The van der Waals surface area contributed by atoms with E-state index in [9.17, 15) is 28.7 Å². The van der Waals surface area contributed by atoms with Crippen LogP contribution in [0.2, 0.25) is 0 Å². The third-order valence-electron chi connectivity index (χ3n) is 1.16. The van der Waals surface area contributed by atoms with E-state index in [0.717, 1.165) is 0 Å². The standard InChI is InChI=1S/2C3H7Br2O4P.Cr/c2*4-1-3(5)2-9-10(6,7)8;/h2*3H,1-2H2,(H2,6,7,8);/q;;+4/p-4. The predicted molar refractivity (Wildman–Crippen MR) is 80.1 cm³/mol. The molecule has 0 aliphatic carbocycles. The topological polar surface area (TPSA) is 145 Å². The minimum atomic E-state index is -4.78. The predicted octanol–water partition coefficient (Wildman–Crippen LogP) is -0.0223. The van der Waals surface area contributed by atoms with Gasteiger partial charge in [-0.3, -0.25) is 0 Å². The van der Waals surface area contributed by atoms with Crippen LogP contribution in [-0.4, -0.2) is 33.5 Å². The first kappa shape index (κ1) is 28.5. The number of phosphoric ester groups is 2. The SMILES string of the molecule is O=P([O-])([O-])OCC(Br)CBr.O=P([O-])([O-])OCC(Br)CBr.[Cr+4]. The van der Waals surface area contributed by atoms with Gasteiger partial charge in [0.2, 0.25) is 0 Å². The molecule has 0 heterocycles. The van der Waals surface area contributed by atoms with Gasteiger partial charge in [-0.15, -0.1) is 0 Å². The summed E-state index contributed by atoms with van der Waals surface area (Å²) in [6.45, 7) is -0.259. The monoisotopic (exact) mass is 640 g/mol. The Labute approximate surface area is 166 Å². The van der Waals surface area contributed by atoms with Crippen LogP contribution in [0.25, 0.3) is 0 Å². The fourth-order valence-electron chi connectivity index (χ4n) is 0.433. The van der Waals surface area contributed by atoms with Crippen molar-refractivity contribution >= 4 is 79.4 Å². The molecule has 0 aliphatic heterocycles. The molecule has 0 rings (SSSR count). The third-order valence-corrected chi connectivity index (χ3v) is 6.57. The molecule has 2 unspecified atom stereocenters. The van der Waals surface area contributed by atoms with Gasteiger partial charge >= 0.3 is 17.4 Å². The molecular formula is C6H10Br4CrO8P2. The first-order valence-electron chi connectivity index (χ1n) is 4.64. The molecule has 0 fully saturated rings. The first-order valence-corrected chi connectivity index (χ1v) is 11.6. The number of phosphoric acid groups is 2. The maximum atomic E-state index is 9.87. The summed E-state index contributed by atoms with van der Waals surface area (Å²) < 4.78 is 27.6. The van der Waals surface area contributed by atoms with Crippen molar-refractivity contribution in [2.24, 2.45) is 0 Å². The van der Waals surface area contributed by atoms with Crippen LogP contribution in [0.5, 0.6) is 0 Å². The molecule has 0 N–H and O–H groups in total. The quantitative estimate of drug-likeness (QED) is 0.265. The summed E-state index contributed by atoms with van der Waals surface area (Å²) in [5.41, 5.74) is 0. The van der Waals surface area contributed by atoms with Crippen molar-refractivity contribution in [1.29, 1.82) is 0 Å². The van der Waals surface area contributed by atoms with Crippen molar-refractivity contribution in [3.63, 3.8) is 0 Å². The second kappa shape index (κ2) is 15.0. The number of hydrogen-bond donors (Lipinski definition) is 0. The molecule has 0 aromatic carbocycles. The molecular weight excluding hydrogens is 634 g/mol. The number of rotatable bonds is 8. The summed E-state index contributed by atoms with van der Waals surface area (Å²) in [5.74, 6) is 0. The Morgan fingerprint density at radius 2 is 1.05 bits per heavy atom. The van der Waals surface area contributed by atoms with Crippen molar-refractivity contribution in [3.8, 4) is 0 Å². The van der Waals surface area contributed by atoms with Crippen LogP contribution in [0.3, 0.4) is 0 Å². The van der Waals surface area contributed by atoms with E-state index < -0.39 is 15.6 Å². The maximum absolute atomic E-state index is 9.87. The molecule has 21 heavy (non-hydrogen) atoms. The van der Waals surface area contributed by atoms with E-state index in [1.165, 1.54) is 0 Å². The van der Waals surface area contributed by atoms with Crippen LogP contribution in [0, 0.1) is 0 Å². The molecule has 126 valence electrons. The molecule has 8 nitrogen and oxygen atoms in total. The van der Waals surface area contributed by atoms with Crippen molar-refractivity contribution in [1.82, 2.24) is 0 Å². The van der Waals surface area contributed by atoms with Crippen LogP contribution in [-0.2, 0) is 35.5 Å². The van der Waals surface area contributed by atoms with Crippen LogP contribution in [0.4, 0.5) is 0 Å². The average molecular weight is 644 g/mol. The van der Waals surface area contributed by atoms with Crippen molar-refractivity contribution in [2.45, 2.75) is 9.65 Å². The van der Waals surface area contributed by atoms with Gasteiger partial charge in [0.05, 0.1) is 28.9 Å². The molecule has 0 bridgehead atoms. The summed E-state index contributed by atoms with van der Waals surface area (Å²) in [6.07, 6.45) is 0. The van der Waals surface area contributed by atoms with E-state index in [4.69, 9.17) is 0 Å². The Bertz CT molecular complexity index is 307. The summed E-state index contributed by atoms with van der Waals surface area (Å²) >= 11 is 12.2. The molecule has 0 radical (unpaired) electrons. The van der Waals surface area contributed by atoms with Gasteiger partial charge in [-0.05, 0) is 0 Å². The fraction of sp³-hybridized carbons (Fsp3) is 1.00. The second-order valence-corrected chi connectivity index (χ2v) is 9.18. The summed E-state index contributed by atoms with van der Waals surface area (Å²) in [6, 6.07) is 0. The molecule has 0 aromatic heterocycles. The largest absolute Gasteiger partial charge is 4.00 e. The van der Waals surface area contributed by atoms with E-state index in [0.29, 0.717) is 10.7 Å². The van der Waals surface area contributed by atoms with Gasteiger partial charge in [0.25, 0.3) is 0 Å². The van der Waals surface area contributed by atoms with Crippen molar-refractivity contribution in [3.05, 3.63) is 0 Å². The van der Waals surface area contributed by atoms with Crippen LogP contribution >= 0.6 is 79.4 Å². The Hall–Kier alpha value is 2.67. The smallest absolute Gasteiger partial charge is 0.790 e. The molecule has 0 amide bonds. The summed E-state index contributed by atoms with van der Waals surface area (Å²) in [4.78, 5) is 39.2. The third kappa shape index (κ3) is 27.8. The fourth-order valence-corrected chi connectivity index (χ4v) is 2.21. The van der Waals surface area contributed by atoms with Gasteiger partial charge in [0, 0.05) is 20.3 Å². The van der Waals surface area contributed by atoms with Gasteiger partial charge in [0.1, 0.15) is 0 Å². The van der Waals surface area contributed by atoms with E-state index >= 15 is 0 Å². The summed E-state index contributed by atoms with van der Waals surface area (Å²) in [5, 5.41) is 1.07. The van der Waals surface area contributed by atoms with E-state index in [2.05, 4.69) is 72.8 Å². The average Bonchev–Trinajstić information content (AvgIpc) is 2.31. The van der Waals surface area contributed by atoms with Gasteiger partial charge in [0.15, 0.2) is 0 Å². The normalized spacial score (nSPS) is 14.5. The van der Waals surface area contributed by atoms with E-state index in [1.54, 1.807) is 0 Å². The number of halogens is 4. The zero-order valence-corrected chi connectivity index (χ0v) is 19.5. The minimum absolute atomic E-state index is 0.